The van der Waals surface area contributed by atoms with Crippen LogP contribution in [0.3, 0.4) is 0 Å². The molecule has 1 N–H and O–H groups in total. The molecule has 0 saturated carbocycles. The number of amides is 1. The van der Waals surface area contributed by atoms with E-state index in [0.29, 0.717) is 0 Å². The number of carbonyl (C=O) groups is 1. The van der Waals surface area contributed by atoms with Crippen LogP contribution in [-0.2, 0) is 4.79 Å². The van der Waals surface area contributed by atoms with Gasteiger partial charge in [0.05, 0.1) is 12.0 Å². The Labute approximate surface area is 125 Å². The predicted molar refractivity (Wildman–Crippen MR) is 85.0 cm³/mol. The molecule has 2 atom stereocenters. The zero-order valence-electron chi connectivity index (χ0n) is 12.2. The SMILES string of the molecule is CN1CCC(C(Nc2ccccc2)c2ccccc2)C1=O. The van der Waals surface area contributed by atoms with Crippen molar-refractivity contribution in [3.8, 4) is 0 Å². The number of carbonyl (C=O) groups excluding carboxylic acids is 1. The van der Waals surface area contributed by atoms with E-state index in [1.165, 1.54) is 0 Å². The Morgan fingerprint density at radius 1 is 1.05 bits per heavy atom. The van der Waals surface area contributed by atoms with Crippen LogP contribution in [0.1, 0.15) is 18.0 Å². The molecule has 2 unspecified atom stereocenters. The van der Waals surface area contributed by atoms with Gasteiger partial charge in [-0.1, -0.05) is 48.5 Å². The fraction of sp³-hybridized carbons (Fsp3) is 0.278. The molecule has 3 rings (SSSR count). The maximum absolute atomic E-state index is 12.4. The maximum atomic E-state index is 12.4. The van der Waals surface area contributed by atoms with E-state index >= 15 is 0 Å². The van der Waals surface area contributed by atoms with Crippen LogP contribution >= 0.6 is 0 Å². The number of nitrogens with zero attached hydrogens (tertiary/aromatic N) is 1. The number of nitrogens with one attached hydrogen (secondary N) is 1. The van der Waals surface area contributed by atoms with Gasteiger partial charge in [-0.2, -0.15) is 0 Å². The van der Waals surface area contributed by atoms with Gasteiger partial charge in [-0.25, -0.2) is 0 Å². The van der Waals surface area contributed by atoms with Crippen LogP contribution in [0.2, 0.25) is 0 Å². The van der Waals surface area contributed by atoms with Gasteiger partial charge in [0.1, 0.15) is 0 Å². The van der Waals surface area contributed by atoms with E-state index in [1.807, 2.05) is 60.5 Å². The van der Waals surface area contributed by atoms with Crippen molar-refractivity contribution in [1.29, 1.82) is 0 Å². The lowest BCUT2D eigenvalue weighted by Crippen LogP contribution is -2.29. The van der Waals surface area contributed by atoms with E-state index < -0.39 is 0 Å². The van der Waals surface area contributed by atoms with Crippen molar-refractivity contribution in [2.75, 3.05) is 18.9 Å². The second kappa shape index (κ2) is 6.00. The summed E-state index contributed by atoms with van der Waals surface area (Å²) in [4.78, 5) is 14.2. The van der Waals surface area contributed by atoms with Crippen LogP contribution in [0.25, 0.3) is 0 Å². The molecule has 0 radical (unpaired) electrons. The smallest absolute Gasteiger partial charge is 0.227 e. The molecule has 1 heterocycles. The Bertz CT molecular complexity index is 597. The summed E-state index contributed by atoms with van der Waals surface area (Å²) < 4.78 is 0. The van der Waals surface area contributed by atoms with Crippen molar-refractivity contribution in [2.45, 2.75) is 12.5 Å². The molecule has 2 aromatic rings. The summed E-state index contributed by atoms with van der Waals surface area (Å²) in [5.41, 5.74) is 2.21. The zero-order chi connectivity index (χ0) is 14.7. The molecular weight excluding hydrogens is 260 g/mol. The monoisotopic (exact) mass is 280 g/mol. The van der Waals surface area contributed by atoms with E-state index in [-0.39, 0.29) is 17.9 Å². The highest BCUT2D eigenvalue weighted by Crippen LogP contribution is 2.33. The first-order valence-corrected chi connectivity index (χ1v) is 7.37. The average molecular weight is 280 g/mol. The van der Waals surface area contributed by atoms with Crippen molar-refractivity contribution < 1.29 is 4.79 Å². The van der Waals surface area contributed by atoms with Crippen LogP contribution in [0.5, 0.6) is 0 Å². The minimum absolute atomic E-state index is 0.00222. The third-order valence-corrected chi connectivity index (χ3v) is 4.13. The minimum atomic E-state index is -0.00222. The summed E-state index contributed by atoms with van der Waals surface area (Å²) in [7, 11) is 1.88. The fourth-order valence-electron chi connectivity index (χ4n) is 2.95. The molecule has 3 heteroatoms. The molecular formula is C18H20N2O. The molecule has 21 heavy (non-hydrogen) atoms. The quantitative estimate of drug-likeness (QED) is 0.931. The van der Waals surface area contributed by atoms with Crippen molar-refractivity contribution >= 4 is 11.6 Å². The number of hydrogen-bond acceptors (Lipinski definition) is 2. The topological polar surface area (TPSA) is 32.3 Å². The lowest BCUT2D eigenvalue weighted by atomic mass is 9.91. The zero-order valence-corrected chi connectivity index (χ0v) is 12.2. The number of hydrogen-bond donors (Lipinski definition) is 1. The summed E-state index contributed by atoms with van der Waals surface area (Å²) in [6.07, 6.45) is 0.898. The summed E-state index contributed by atoms with van der Waals surface area (Å²) in [6, 6.07) is 20.3. The normalized spacial score (nSPS) is 19.6. The molecule has 1 fully saturated rings. The van der Waals surface area contributed by atoms with Gasteiger partial charge in [0.15, 0.2) is 0 Å². The van der Waals surface area contributed by atoms with E-state index in [2.05, 4.69) is 17.4 Å². The fourth-order valence-corrected chi connectivity index (χ4v) is 2.95. The molecule has 1 saturated heterocycles. The molecule has 0 bridgehead atoms. The second-order valence-electron chi connectivity index (χ2n) is 5.55. The van der Waals surface area contributed by atoms with Crippen LogP contribution in [0.4, 0.5) is 5.69 Å². The molecule has 1 aliphatic rings. The lowest BCUT2D eigenvalue weighted by Gasteiger charge is -2.25. The number of para-hydroxylation sites is 1. The average Bonchev–Trinajstić information content (AvgIpc) is 2.87. The standard InChI is InChI=1S/C18H20N2O/c1-20-13-12-16(18(20)21)17(14-8-4-2-5-9-14)19-15-10-6-3-7-11-15/h2-11,16-17,19H,12-13H2,1H3. The summed E-state index contributed by atoms with van der Waals surface area (Å²) in [6.45, 7) is 0.837. The first kappa shape index (κ1) is 13.7. The number of likely N-dealkylation sites (tertiary alicyclic amines) is 1. The Morgan fingerprint density at radius 3 is 2.24 bits per heavy atom. The van der Waals surface area contributed by atoms with Crippen molar-refractivity contribution in [2.24, 2.45) is 5.92 Å². The maximum Gasteiger partial charge on any atom is 0.227 e. The number of anilines is 1. The molecule has 108 valence electrons. The minimum Gasteiger partial charge on any atom is -0.377 e. The van der Waals surface area contributed by atoms with Crippen molar-refractivity contribution in [3.63, 3.8) is 0 Å². The highest BCUT2D eigenvalue weighted by molar-refractivity contribution is 5.82. The van der Waals surface area contributed by atoms with Gasteiger partial charge in [-0.15, -0.1) is 0 Å². The highest BCUT2D eigenvalue weighted by atomic mass is 16.2. The van der Waals surface area contributed by atoms with E-state index in [1.54, 1.807) is 0 Å². The third kappa shape index (κ3) is 2.92. The van der Waals surface area contributed by atoms with Gasteiger partial charge in [0.2, 0.25) is 5.91 Å². The molecule has 0 aromatic heterocycles. The van der Waals surface area contributed by atoms with Crippen LogP contribution < -0.4 is 5.32 Å². The number of benzene rings is 2. The largest absolute Gasteiger partial charge is 0.377 e. The Hall–Kier alpha value is -2.29. The molecule has 0 spiro atoms. The molecule has 2 aromatic carbocycles. The van der Waals surface area contributed by atoms with Gasteiger partial charge in [0, 0.05) is 19.3 Å². The van der Waals surface area contributed by atoms with Crippen LogP contribution in [-0.4, -0.2) is 24.4 Å². The summed E-state index contributed by atoms with van der Waals surface area (Å²) in [5.74, 6) is 0.227. The Morgan fingerprint density at radius 2 is 1.67 bits per heavy atom. The van der Waals surface area contributed by atoms with Gasteiger partial charge in [-0.3, -0.25) is 4.79 Å². The highest BCUT2D eigenvalue weighted by Gasteiger charge is 2.36. The van der Waals surface area contributed by atoms with Crippen molar-refractivity contribution in [3.05, 3.63) is 66.2 Å². The summed E-state index contributed by atoms with van der Waals surface area (Å²) in [5, 5.41) is 3.54. The molecule has 1 aliphatic heterocycles. The van der Waals surface area contributed by atoms with E-state index in [0.717, 1.165) is 24.2 Å². The van der Waals surface area contributed by atoms with Crippen molar-refractivity contribution in [1.82, 2.24) is 4.90 Å². The van der Waals surface area contributed by atoms with Gasteiger partial charge in [0.25, 0.3) is 0 Å². The summed E-state index contributed by atoms with van der Waals surface area (Å²) >= 11 is 0. The van der Waals surface area contributed by atoms with Crippen LogP contribution in [0.15, 0.2) is 60.7 Å². The van der Waals surface area contributed by atoms with Crippen LogP contribution in [0, 0.1) is 5.92 Å². The predicted octanol–water partition coefficient (Wildman–Crippen LogP) is 3.32. The first-order chi connectivity index (χ1) is 10.3. The van der Waals surface area contributed by atoms with Gasteiger partial charge >= 0.3 is 0 Å². The molecule has 3 nitrogen and oxygen atoms in total. The Balaban J connectivity index is 1.90. The third-order valence-electron chi connectivity index (χ3n) is 4.13. The van der Waals surface area contributed by atoms with E-state index in [4.69, 9.17) is 0 Å². The Kier molecular flexibility index (Phi) is 3.91. The molecule has 1 amide bonds. The first-order valence-electron chi connectivity index (χ1n) is 7.37. The molecule has 0 aliphatic carbocycles. The van der Waals surface area contributed by atoms with Gasteiger partial charge in [-0.05, 0) is 24.1 Å². The lowest BCUT2D eigenvalue weighted by molar-refractivity contribution is -0.130. The van der Waals surface area contributed by atoms with E-state index in [9.17, 15) is 4.79 Å². The second-order valence-corrected chi connectivity index (χ2v) is 5.55. The number of rotatable bonds is 4. The van der Waals surface area contributed by atoms with Gasteiger partial charge < -0.3 is 10.2 Å².